The first-order valence-corrected chi connectivity index (χ1v) is 52.1. The number of carboxylic acids is 1. The number of aliphatic hydroxyl groups is 1. The van der Waals surface area contributed by atoms with Crippen molar-refractivity contribution < 1.29 is 111 Å². The number of aliphatic hydroxyl groups excluding tert-OH is 1. The number of carboxylic acid groups (broad SMARTS) is 1. The largest absolute Gasteiger partial charge is 0.508 e. The normalized spacial score (nSPS) is 21.5. The van der Waals surface area contributed by atoms with Crippen molar-refractivity contribution in [3.05, 3.63) is 114 Å². The number of ketones is 13. The fourth-order valence-electron chi connectivity index (χ4n) is 17.0. The number of rotatable bonds is 55. The number of para-hydroxylation sites is 1. The number of primary amides is 2. The number of nitrogens with two attached hydrogens (primary N) is 2. The second kappa shape index (κ2) is 66.1. The molecule has 24 N–H and O–H groups in total. The van der Waals surface area contributed by atoms with Gasteiger partial charge in [-0.15, -0.1) is 0 Å². The second-order valence-electron chi connectivity index (χ2n) is 40.7. The smallest absolute Gasteiger partial charge is 0.303 e. The van der Waals surface area contributed by atoms with Crippen molar-refractivity contribution in [2.24, 2.45) is 23.3 Å². The van der Waals surface area contributed by atoms with Crippen molar-refractivity contribution >= 4 is 127 Å². The number of amides is 6. The van der Waals surface area contributed by atoms with Gasteiger partial charge in [0.2, 0.25) is 58.6 Å². The van der Waals surface area contributed by atoms with Gasteiger partial charge in [0.15, 0.2) is 52.0 Å². The van der Waals surface area contributed by atoms with Gasteiger partial charge >= 0.3 is 5.97 Å². The number of carbonyl (C=O) groups excluding carboxylic acids is 19. The van der Waals surface area contributed by atoms with Gasteiger partial charge in [-0.2, -0.15) is 0 Å². The van der Waals surface area contributed by atoms with Crippen LogP contribution in [0, 0.1) is 11.8 Å². The number of benzene rings is 3. The minimum atomic E-state index is -2.09. The Hall–Kier alpha value is -11.8. The summed E-state index contributed by atoms with van der Waals surface area (Å²) in [4.78, 5) is 283. The number of phenols is 1. The zero-order chi connectivity index (χ0) is 112. The molecule has 1 aliphatic heterocycles. The number of carbonyl (C=O) groups is 20. The third-order valence-corrected chi connectivity index (χ3v) is 26.5. The monoisotopic (exact) mass is 2100 g/mol. The first-order chi connectivity index (χ1) is 70.8. The van der Waals surface area contributed by atoms with Crippen LogP contribution in [0.25, 0.3) is 10.9 Å². The van der Waals surface area contributed by atoms with Crippen LogP contribution in [0.4, 0.5) is 0 Å². The van der Waals surface area contributed by atoms with E-state index in [1.54, 1.807) is 123 Å². The van der Waals surface area contributed by atoms with Crippen LogP contribution in [0.5, 0.6) is 5.75 Å². The average Bonchev–Trinajstić information content (AvgIpc) is 1.07. The molecule has 0 saturated heterocycles. The molecule has 1 aromatic heterocycles. The SMILES string of the molecule is CC(=O)N[C@@H](CC(C)C)C(=O)N[C@H](C(=O)C(=O)[C@H](Cc1ccccc1)NN[C@]1(C)CCCCCC/C=C/CCC[C@@](C)(C(=O)CN[C@@H](C)C(=O)CCN[C@@H](C)C(=O)CCN[C@@H](C)C(=O)CCN[C@@H](C)C(=O)CCN[C@@H](C)C(=O)CN(C)CC(N)=O)NC(=O)[C@H](CC(C)C)NN[C@@H](CCC(N)=O)C(=O)CN[C@@H](C)C(=O)CC(=O)[C@H](Cc2c[nH]c3ccccc23)NN[C@@H](Cc2ccc(O)cc2)C(=O)N[C@@H](CCC(=O)O)C(=O)C1=O)[C@@H](C)O. The molecule has 0 spiro atoms. The molecule has 0 fully saturated rings. The number of aromatic amines is 1. The Morgan fingerprint density at radius 3 is 1.63 bits per heavy atom. The minimum Gasteiger partial charge on any atom is -0.508 e. The zero-order valence-electron chi connectivity index (χ0n) is 89.6. The molecule has 6 amide bonds. The van der Waals surface area contributed by atoms with E-state index in [0.29, 0.717) is 66.1 Å². The van der Waals surface area contributed by atoms with Gasteiger partial charge in [-0.1, -0.05) is 120 Å². The van der Waals surface area contributed by atoms with E-state index in [0.717, 1.165) is 0 Å². The molecule has 0 radical (unpaired) electrons. The number of nitrogens with one attached hydrogen (secondary N) is 17. The predicted molar refractivity (Wildman–Crippen MR) is 564 cm³/mol. The lowest BCUT2D eigenvalue weighted by Crippen LogP contribution is -2.65. The summed E-state index contributed by atoms with van der Waals surface area (Å²) in [6.07, 6.45) is 3.53. The van der Waals surface area contributed by atoms with Crippen molar-refractivity contribution in [1.82, 2.24) is 95.6 Å². The van der Waals surface area contributed by atoms with Gasteiger partial charge in [-0.25, -0.2) is 32.6 Å². The molecule has 0 bridgehead atoms. The van der Waals surface area contributed by atoms with Crippen LogP contribution in [-0.2, 0) is 115 Å². The highest BCUT2D eigenvalue weighted by atomic mass is 16.4. The molecule has 2 heterocycles. The van der Waals surface area contributed by atoms with Gasteiger partial charge in [0, 0.05) is 88.7 Å². The van der Waals surface area contributed by atoms with E-state index in [9.17, 15) is 92.0 Å². The molecule has 5 rings (SSSR count). The number of aromatic hydroxyl groups is 1. The zero-order valence-corrected chi connectivity index (χ0v) is 89.6. The van der Waals surface area contributed by atoms with Gasteiger partial charge in [-0.3, -0.25) is 101 Å². The van der Waals surface area contributed by atoms with Crippen LogP contribution in [0.1, 0.15) is 242 Å². The highest BCUT2D eigenvalue weighted by Gasteiger charge is 2.45. The summed E-state index contributed by atoms with van der Waals surface area (Å²) in [7, 11) is 1.60. The lowest BCUT2D eigenvalue weighted by atomic mass is 9.85. The molecule has 1 aliphatic rings. The van der Waals surface area contributed by atoms with E-state index in [4.69, 9.17) is 11.5 Å². The molecule has 0 saturated carbocycles. The van der Waals surface area contributed by atoms with Gasteiger partial charge < -0.3 is 84.9 Å². The number of aromatic nitrogens is 1. The Morgan fingerprint density at radius 1 is 0.527 bits per heavy atom. The third-order valence-electron chi connectivity index (χ3n) is 26.5. The first kappa shape index (κ1) is 129. The number of hydrogen-bond acceptors (Lipinski definition) is 35. The lowest BCUT2D eigenvalue weighted by molar-refractivity contribution is -0.144. The number of likely N-dealkylation sites (N-methyl/N-ethyl adjacent to an activating group) is 1. The maximum absolute atomic E-state index is 15.7. The number of hydrazine groups is 3. The number of phenolic OH excluding ortho intramolecular Hbond substituents is 1. The quantitative estimate of drug-likeness (QED) is 0.0129. The summed E-state index contributed by atoms with van der Waals surface area (Å²) in [5, 5.41) is 61.2. The van der Waals surface area contributed by atoms with Gasteiger partial charge in [0.25, 0.3) is 0 Å². The molecule has 3 aromatic carbocycles. The Labute approximate surface area is 878 Å². The van der Waals surface area contributed by atoms with Crippen LogP contribution in [0.3, 0.4) is 0 Å². The molecular formula is C107H164N20O23. The van der Waals surface area contributed by atoms with Crippen LogP contribution >= 0.6 is 0 Å². The van der Waals surface area contributed by atoms with E-state index >= 15 is 19.2 Å². The molecule has 4 aromatic rings. The molecule has 830 valence electrons. The first-order valence-electron chi connectivity index (χ1n) is 52.1. The Kier molecular flexibility index (Phi) is 56.7. The Balaban J connectivity index is 1.45. The molecule has 0 unspecified atom stereocenters. The number of hydrogen-bond donors (Lipinski definition) is 22. The number of fused-ring (bicyclic) bond motifs is 1. The van der Waals surface area contributed by atoms with Crippen molar-refractivity contribution in [2.45, 2.75) is 346 Å². The number of H-pyrrole nitrogens is 1. The van der Waals surface area contributed by atoms with Crippen molar-refractivity contribution in [2.75, 3.05) is 59.4 Å². The van der Waals surface area contributed by atoms with Gasteiger partial charge in [-0.05, 0) is 200 Å². The summed E-state index contributed by atoms with van der Waals surface area (Å²) in [5.41, 5.74) is 26.9. The summed E-state index contributed by atoms with van der Waals surface area (Å²) >= 11 is 0. The number of Topliss-reactive ketones (excluding diaryl/α,β-unsaturated/α-hetero) is 13. The Morgan fingerprint density at radius 2 is 1.07 bits per heavy atom. The topological polar surface area (TPSA) is 666 Å². The van der Waals surface area contributed by atoms with E-state index in [1.807, 2.05) is 26.0 Å². The summed E-state index contributed by atoms with van der Waals surface area (Å²) in [6.45, 7) is 21.9. The lowest BCUT2D eigenvalue weighted by Gasteiger charge is -2.33. The fraction of sp³-hybridized carbons (Fsp3) is 0.607. The molecule has 0 aliphatic carbocycles. The van der Waals surface area contributed by atoms with Crippen LogP contribution in [-0.4, -0.2) is 303 Å². The molecule has 17 atom stereocenters. The molecule has 43 heteroatoms. The third kappa shape index (κ3) is 46.6. The molecule has 150 heavy (non-hydrogen) atoms. The van der Waals surface area contributed by atoms with Crippen molar-refractivity contribution in [1.29, 1.82) is 0 Å². The van der Waals surface area contributed by atoms with E-state index in [1.165, 1.54) is 56.9 Å². The van der Waals surface area contributed by atoms with Crippen molar-refractivity contribution in [3.63, 3.8) is 0 Å². The number of nitrogens with zero attached hydrogens (tertiary/aromatic N) is 1. The van der Waals surface area contributed by atoms with E-state index < -0.39 is 222 Å². The van der Waals surface area contributed by atoms with E-state index in [2.05, 4.69) is 90.7 Å². The minimum absolute atomic E-state index is 0.00663. The van der Waals surface area contributed by atoms with Crippen LogP contribution in [0.15, 0.2) is 97.2 Å². The summed E-state index contributed by atoms with van der Waals surface area (Å²) < 4.78 is 0. The highest BCUT2D eigenvalue weighted by molar-refractivity contribution is 6.43. The molecular weight excluding hydrogens is 1930 g/mol. The average molecular weight is 2100 g/mol. The number of aliphatic carboxylic acids is 1. The maximum Gasteiger partial charge on any atom is 0.303 e. The standard InChI is InChI=1S/C107H164N20O23/c1-63(2)52-83(117-72(12)129)103(148)119-98(71(11)128)101(146)99(144)82(54-73-30-24-23-25-31-73)125-126-107(14)47-29-22-20-18-16-17-19-21-28-46-106(13,94(139)60-115-68(8)89(134)45-50-112-66(6)87(132)43-48-110-65(5)86(131)42-49-111-67(7)88(133)44-51-113-70(10)93(138)61-127(15)62-96(109)141)120-105(150)84(53-64(3)4)123-121-79(38-40-95(108)140)92(137)59-114-69(9)90(135)57-91(136)81(56-75-58-116-78-33-27-26-32-77(75)78)122-124-85(55-74-34-36-76(130)37-35-74)104(149)118-80(39-41-97(142)143)100(145)102(107)147/h17,19,23-27,30-37,58,63-71,79-85,98,110-116,121-126,128,130H,16,18,20-22,28-29,38-57,59-62H2,1-15H3,(H2,108,140)(H2,109,141)(H,117,129)(H,118,149)(H,119,148)(H,120,150)(H,142,143)/b19-17+/t65-,66-,67-,68-,69-,70-,71+,79-,80-,81-,82-,83-,84-,85-,98-,106-,107+/m0/s1. The maximum atomic E-state index is 15.7. The van der Waals surface area contributed by atoms with Gasteiger partial charge in [0.1, 0.15) is 29.9 Å². The predicted octanol–water partition coefficient (Wildman–Crippen LogP) is 1.45. The highest BCUT2D eigenvalue weighted by Crippen LogP contribution is 2.25. The van der Waals surface area contributed by atoms with Crippen LogP contribution in [0.2, 0.25) is 0 Å². The van der Waals surface area contributed by atoms with Crippen LogP contribution < -0.4 is 97.2 Å². The van der Waals surface area contributed by atoms with E-state index in [-0.39, 0.29) is 176 Å². The fourth-order valence-corrected chi connectivity index (χ4v) is 17.0. The second-order valence-corrected chi connectivity index (χ2v) is 40.7. The number of allylic oxidation sites excluding steroid dienone is 2. The summed E-state index contributed by atoms with van der Waals surface area (Å²) in [6, 6.07) is 4.62. The van der Waals surface area contributed by atoms with Crippen molar-refractivity contribution in [3.8, 4) is 5.75 Å². The van der Waals surface area contributed by atoms with Gasteiger partial charge in [0.05, 0.1) is 110 Å². The molecule has 43 nitrogen and oxygen atoms in total. The Bertz CT molecular complexity index is 5210. The summed E-state index contributed by atoms with van der Waals surface area (Å²) in [5.74, 6) is -14.9.